The minimum atomic E-state index is -1.28. The molecule has 3 aromatic carbocycles. The predicted octanol–water partition coefficient (Wildman–Crippen LogP) is 4.57. The van der Waals surface area contributed by atoms with Gasteiger partial charge in [-0.1, -0.05) is 24.3 Å². The summed E-state index contributed by atoms with van der Waals surface area (Å²) in [6, 6.07) is 13.6. The lowest BCUT2D eigenvalue weighted by Gasteiger charge is -2.07. The highest BCUT2D eigenvalue weighted by Gasteiger charge is 2.17. The third-order valence-corrected chi connectivity index (χ3v) is 3.55. The topological polar surface area (TPSA) is 125 Å². The van der Waals surface area contributed by atoms with Gasteiger partial charge >= 0.3 is 5.97 Å². The molecule has 8 nitrogen and oxygen atoms in total. The van der Waals surface area contributed by atoms with Crippen molar-refractivity contribution >= 4 is 33.8 Å². The van der Waals surface area contributed by atoms with Gasteiger partial charge in [0.25, 0.3) is 5.69 Å². The lowest BCUT2D eigenvalue weighted by molar-refractivity contribution is -0.384. The zero-order chi connectivity index (χ0) is 18.0. The molecule has 0 spiro atoms. The number of aromatic hydroxyl groups is 1. The van der Waals surface area contributed by atoms with Crippen molar-refractivity contribution in [1.29, 1.82) is 0 Å². The Morgan fingerprint density at radius 1 is 1.04 bits per heavy atom. The molecule has 0 amide bonds. The van der Waals surface area contributed by atoms with E-state index in [1.807, 2.05) is 0 Å². The van der Waals surface area contributed by atoms with Gasteiger partial charge in [0, 0.05) is 17.5 Å². The summed E-state index contributed by atoms with van der Waals surface area (Å²) in [5.74, 6) is -1.77. The maximum absolute atomic E-state index is 11.3. The second-order valence-corrected chi connectivity index (χ2v) is 5.12. The van der Waals surface area contributed by atoms with Crippen LogP contribution in [-0.4, -0.2) is 21.1 Å². The van der Waals surface area contributed by atoms with Gasteiger partial charge in [-0.3, -0.25) is 10.1 Å². The number of aromatic carboxylic acids is 1. The lowest BCUT2D eigenvalue weighted by Crippen LogP contribution is -1.97. The number of azo groups is 1. The molecule has 124 valence electrons. The molecule has 0 atom stereocenters. The minimum Gasteiger partial charge on any atom is -0.505 e. The van der Waals surface area contributed by atoms with E-state index in [2.05, 4.69) is 10.2 Å². The molecule has 2 N–H and O–H groups in total. The number of nitro benzene ring substituents is 1. The summed E-state index contributed by atoms with van der Waals surface area (Å²) < 4.78 is 0. The Hall–Kier alpha value is -3.81. The summed E-state index contributed by atoms with van der Waals surface area (Å²) >= 11 is 0. The highest BCUT2D eigenvalue weighted by Crippen LogP contribution is 2.39. The molecule has 0 unspecified atom stereocenters. The fourth-order valence-electron chi connectivity index (χ4n) is 2.33. The van der Waals surface area contributed by atoms with Gasteiger partial charge in [-0.2, -0.15) is 5.11 Å². The van der Waals surface area contributed by atoms with Gasteiger partial charge in [0.2, 0.25) is 0 Å². The molecule has 0 saturated carbocycles. The number of rotatable bonds is 4. The Morgan fingerprint density at radius 2 is 1.72 bits per heavy atom. The lowest BCUT2D eigenvalue weighted by atomic mass is 10.0. The molecular weight excluding hydrogens is 326 g/mol. The number of non-ortho nitro benzene ring substituents is 1. The van der Waals surface area contributed by atoms with Crippen LogP contribution in [0.25, 0.3) is 10.8 Å². The van der Waals surface area contributed by atoms with Gasteiger partial charge in [0.15, 0.2) is 5.75 Å². The largest absolute Gasteiger partial charge is 0.505 e. The van der Waals surface area contributed by atoms with Gasteiger partial charge < -0.3 is 10.2 Å². The summed E-state index contributed by atoms with van der Waals surface area (Å²) in [6.07, 6.45) is 0. The van der Waals surface area contributed by atoms with Crippen LogP contribution in [0.15, 0.2) is 64.8 Å². The van der Waals surface area contributed by atoms with Crippen LogP contribution in [0.1, 0.15) is 10.4 Å². The van der Waals surface area contributed by atoms with Crippen LogP contribution >= 0.6 is 0 Å². The number of hydrogen-bond donors (Lipinski definition) is 2. The second-order valence-electron chi connectivity index (χ2n) is 5.12. The molecule has 0 aliphatic carbocycles. The first-order chi connectivity index (χ1) is 12.0. The summed E-state index contributed by atoms with van der Waals surface area (Å²) in [5.41, 5.74) is -0.0138. The molecule has 0 aliphatic heterocycles. The summed E-state index contributed by atoms with van der Waals surface area (Å²) in [6.45, 7) is 0. The standard InChI is InChI=1S/C17H11N3O5/c21-16-14(17(22)23)9-10-3-1-2-4-13(10)15(16)19-18-11-5-7-12(8-6-11)20(24)25/h1-9,21H,(H,22,23). The van der Waals surface area contributed by atoms with Crippen molar-refractivity contribution in [2.75, 3.05) is 0 Å². The molecule has 0 aliphatic rings. The van der Waals surface area contributed by atoms with E-state index in [-0.39, 0.29) is 16.9 Å². The first-order valence-corrected chi connectivity index (χ1v) is 7.11. The van der Waals surface area contributed by atoms with Crippen LogP contribution in [0.5, 0.6) is 5.75 Å². The smallest absolute Gasteiger partial charge is 0.339 e. The van der Waals surface area contributed by atoms with Crippen molar-refractivity contribution in [2.24, 2.45) is 10.2 Å². The SMILES string of the molecule is O=C(O)c1cc2ccccc2c(N=Nc2ccc([N+](=O)[O-])cc2)c1O. The number of fused-ring (bicyclic) bond motifs is 1. The molecular formula is C17H11N3O5. The zero-order valence-corrected chi connectivity index (χ0v) is 12.7. The van der Waals surface area contributed by atoms with Crippen LogP contribution in [-0.2, 0) is 0 Å². The van der Waals surface area contributed by atoms with Crippen LogP contribution < -0.4 is 0 Å². The molecule has 3 rings (SSSR count). The van der Waals surface area contributed by atoms with E-state index in [9.17, 15) is 25.1 Å². The average molecular weight is 337 g/mol. The fraction of sp³-hybridized carbons (Fsp3) is 0. The van der Waals surface area contributed by atoms with Crippen molar-refractivity contribution in [1.82, 2.24) is 0 Å². The van der Waals surface area contributed by atoms with E-state index in [1.165, 1.54) is 30.3 Å². The Morgan fingerprint density at radius 3 is 2.36 bits per heavy atom. The van der Waals surface area contributed by atoms with E-state index in [4.69, 9.17) is 0 Å². The number of benzene rings is 3. The van der Waals surface area contributed by atoms with Crippen LogP contribution in [0.4, 0.5) is 17.1 Å². The van der Waals surface area contributed by atoms with Gasteiger partial charge in [-0.15, -0.1) is 5.11 Å². The Balaban J connectivity index is 2.09. The molecule has 25 heavy (non-hydrogen) atoms. The van der Waals surface area contributed by atoms with Gasteiger partial charge in [0.1, 0.15) is 11.3 Å². The Labute approximate surface area is 140 Å². The normalized spacial score (nSPS) is 11.0. The van der Waals surface area contributed by atoms with Gasteiger partial charge in [-0.25, -0.2) is 4.79 Å². The van der Waals surface area contributed by atoms with Crippen LogP contribution in [0.2, 0.25) is 0 Å². The number of carboxylic acids is 1. The van der Waals surface area contributed by atoms with Crippen LogP contribution in [0.3, 0.4) is 0 Å². The zero-order valence-electron chi connectivity index (χ0n) is 12.7. The maximum Gasteiger partial charge on any atom is 0.339 e. The number of phenols is 1. The molecule has 8 heteroatoms. The van der Waals surface area contributed by atoms with Crippen molar-refractivity contribution in [3.63, 3.8) is 0 Å². The van der Waals surface area contributed by atoms with Crippen LogP contribution in [0, 0.1) is 10.1 Å². The maximum atomic E-state index is 11.3. The van der Waals surface area contributed by atoms with E-state index in [1.54, 1.807) is 24.3 Å². The predicted molar refractivity (Wildman–Crippen MR) is 89.8 cm³/mol. The second kappa shape index (κ2) is 6.36. The van der Waals surface area contributed by atoms with E-state index < -0.39 is 16.6 Å². The molecule has 0 fully saturated rings. The van der Waals surface area contributed by atoms with Gasteiger partial charge in [0.05, 0.1) is 10.6 Å². The molecule has 0 radical (unpaired) electrons. The van der Waals surface area contributed by atoms with Crippen molar-refractivity contribution in [2.45, 2.75) is 0 Å². The molecule has 0 heterocycles. The summed E-state index contributed by atoms with van der Waals surface area (Å²) in [5, 5.41) is 39.1. The average Bonchev–Trinajstić information content (AvgIpc) is 2.60. The number of carboxylic acid groups (broad SMARTS) is 1. The first-order valence-electron chi connectivity index (χ1n) is 7.11. The third kappa shape index (κ3) is 3.13. The third-order valence-electron chi connectivity index (χ3n) is 3.55. The minimum absolute atomic E-state index is 0.0221. The van der Waals surface area contributed by atoms with Crippen molar-refractivity contribution in [3.8, 4) is 5.75 Å². The highest BCUT2D eigenvalue weighted by atomic mass is 16.6. The Kier molecular flexibility index (Phi) is 4.09. The van der Waals surface area contributed by atoms with E-state index in [0.29, 0.717) is 16.5 Å². The molecule has 0 saturated heterocycles. The number of nitro groups is 1. The van der Waals surface area contributed by atoms with Gasteiger partial charge in [-0.05, 0) is 23.6 Å². The fourth-order valence-corrected chi connectivity index (χ4v) is 2.33. The first kappa shape index (κ1) is 16.1. The Bertz CT molecular complexity index is 1010. The van der Waals surface area contributed by atoms with Crippen molar-refractivity contribution in [3.05, 3.63) is 70.3 Å². The highest BCUT2D eigenvalue weighted by molar-refractivity contribution is 6.04. The number of hydrogen-bond acceptors (Lipinski definition) is 6. The molecule has 0 bridgehead atoms. The number of nitrogens with zero attached hydrogens (tertiary/aromatic N) is 3. The monoisotopic (exact) mass is 337 g/mol. The molecule has 3 aromatic rings. The van der Waals surface area contributed by atoms with E-state index >= 15 is 0 Å². The molecule has 0 aromatic heterocycles. The van der Waals surface area contributed by atoms with Crippen molar-refractivity contribution < 1.29 is 19.9 Å². The summed E-state index contributed by atoms with van der Waals surface area (Å²) in [4.78, 5) is 21.4. The summed E-state index contributed by atoms with van der Waals surface area (Å²) in [7, 11) is 0. The quantitative estimate of drug-likeness (QED) is 0.410. The van der Waals surface area contributed by atoms with E-state index in [0.717, 1.165) is 0 Å². The number of carbonyl (C=O) groups is 1.